The van der Waals surface area contributed by atoms with E-state index in [1.165, 1.54) is 4.68 Å². The molecular formula is C7H8N4O3. The minimum absolute atomic E-state index is 0.181. The average molecular weight is 196 g/mol. The first-order chi connectivity index (χ1) is 6.68. The average Bonchev–Trinajstić information content (AvgIpc) is 2.41. The van der Waals surface area contributed by atoms with E-state index in [2.05, 4.69) is 15.6 Å². The Morgan fingerprint density at radius 1 is 1.57 bits per heavy atom. The molecular weight excluding hydrogens is 188 g/mol. The molecule has 1 aromatic rings. The lowest BCUT2D eigenvalue weighted by atomic mass is 10.3. The first kappa shape index (κ1) is 8.67. The molecule has 74 valence electrons. The van der Waals surface area contributed by atoms with Gasteiger partial charge in [-0.05, 0) is 6.42 Å². The summed E-state index contributed by atoms with van der Waals surface area (Å²) in [6.45, 7) is 0.508. The lowest BCUT2D eigenvalue weighted by Gasteiger charge is -2.00. The molecule has 0 spiro atoms. The number of carboxylic acids is 1. The fourth-order valence-electron chi connectivity index (χ4n) is 1.32. The quantitative estimate of drug-likeness (QED) is 0.643. The molecule has 7 heteroatoms. The fourth-order valence-corrected chi connectivity index (χ4v) is 1.32. The Morgan fingerprint density at radius 2 is 2.36 bits per heavy atom. The summed E-state index contributed by atoms with van der Waals surface area (Å²) in [6, 6.07) is 0. The van der Waals surface area contributed by atoms with Gasteiger partial charge in [-0.25, -0.2) is 9.48 Å². The second-order valence-electron chi connectivity index (χ2n) is 2.97. The molecule has 0 saturated carbocycles. The first-order valence-corrected chi connectivity index (χ1v) is 4.15. The standard InChI is InChI=1S/C7H8N4O3/c12-4-2-1-3-11-6(8-4)5(7(13)14)9-10-11/h1-3H2,(H,8,12)(H,13,14). The van der Waals surface area contributed by atoms with Crippen molar-refractivity contribution in [2.75, 3.05) is 5.32 Å². The number of aryl methyl sites for hydroxylation is 1. The van der Waals surface area contributed by atoms with Gasteiger partial charge in [0.05, 0.1) is 0 Å². The molecule has 0 fully saturated rings. The van der Waals surface area contributed by atoms with E-state index in [0.29, 0.717) is 19.4 Å². The normalized spacial score (nSPS) is 15.6. The predicted molar refractivity (Wildman–Crippen MR) is 44.8 cm³/mol. The van der Waals surface area contributed by atoms with Gasteiger partial charge in [-0.15, -0.1) is 5.10 Å². The molecule has 0 radical (unpaired) electrons. The summed E-state index contributed by atoms with van der Waals surface area (Å²) in [4.78, 5) is 21.8. The van der Waals surface area contributed by atoms with Gasteiger partial charge in [0.25, 0.3) is 0 Å². The van der Waals surface area contributed by atoms with Gasteiger partial charge in [0.2, 0.25) is 11.6 Å². The number of fused-ring (bicyclic) bond motifs is 1. The molecule has 0 saturated heterocycles. The molecule has 1 aliphatic heterocycles. The van der Waals surface area contributed by atoms with E-state index in [4.69, 9.17) is 5.11 Å². The van der Waals surface area contributed by atoms with Crippen molar-refractivity contribution in [2.24, 2.45) is 0 Å². The molecule has 1 aromatic heterocycles. The number of anilines is 1. The third-order valence-electron chi connectivity index (χ3n) is 1.97. The van der Waals surface area contributed by atoms with E-state index >= 15 is 0 Å². The van der Waals surface area contributed by atoms with Crippen molar-refractivity contribution in [3.63, 3.8) is 0 Å². The van der Waals surface area contributed by atoms with Crippen molar-refractivity contribution in [3.8, 4) is 0 Å². The molecule has 1 aliphatic rings. The van der Waals surface area contributed by atoms with E-state index in [0.717, 1.165) is 0 Å². The molecule has 2 rings (SSSR count). The summed E-state index contributed by atoms with van der Waals surface area (Å²) in [5.41, 5.74) is -0.208. The maximum atomic E-state index is 11.1. The van der Waals surface area contributed by atoms with Crippen molar-refractivity contribution in [1.29, 1.82) is 0 Å². The minimum Gasteiger partial charge on any atom is -0.476 e. The monoisotopic (exact) mass is 196 g/mol. The SMILES string of the molecule is O=C1CCCn2nnc(C(=O)O)c2N1. The Kier molecular flexibility index (Phi) is 1.91. The number of hydrogen-bond donors (Lipinski definition) is 2. The Balaban J connectivity index is 2.44. The summed E-state index contributed by atoms with van der Waals surface area (Å²) in [5.74, 6) is -1.21. The van der Waals surface area contributed by atoms with Gasteiger partial charge >= 0.3 is 5.97 Å². The molecule has 0 aliphatic carbocycles. The molecule has 2 heterocycles. The Bertz CT molecular complexity index is 398. The third-order valence-corrected chi connectivity index (χ3v) is 1.97. The zero-order chi connectivity index (χ0) is 10.1. The van der Waals surface area contributed by atoms with Crippen LogP contribution in [0.3, 0.4) is 0 Å². The van der Waals surface area contributed by atoms with Crippen LogP contribution in [-0.4, -0.2) is 32.0 Å². The lowest BCUT2D eigenvalue weighted by Crippen LogP contribution is -2.13. The lowest BCUT2D eigenvalue weighted by molar-refractivity contribution is -0.116. The van der Waals surface area contributed by atoms with Crippen molar-refractivity contribution in [1.82, 2.24) is 15.0 Å². The highest BCUT2D eigenvalue weighted by atomic mass is 16.4. The maximum Gasteiger partial charge on any atom is 0.360 e. The second kappa shape index (κ2) is 3.09. The van der Waals surface area contributed by atoms with Crippen LogP contribution in [0.2, 0.25) is 0 Å². The highest BCUT2D eigenvalue weighted by molar-refractivity contribution is 5.98. The van der Waals surface area contributed by atoms with Crippen molar-refractivity contribution < 1.29 is 14.7 Å². The molecule has 14 heavy (non-hydrogen) atoms. The highest BCUT2D eigenvalue weighted by Crippen LogP contribution is 2.16. The smallest absolute Gasteiger partial charge is 0.360 e. The molecule has 0 aromatic carbocycles. The zero-order valence-corrected chi connectivity index (χ0v) is 7.23. The number of rotatable bonds is 1. The number of aromatic carboxylic acids is 1. The molecule has 0 unspecified atom stereocenters. The van der Waals surface area contributed by atoms with Crippen LogP contribution in [0.4, 0.5) is 5.82 Å². The van der Waals surface area contributed by atoms with Crippen LogP contribution >= 0.6 is 0 Å². The maximum absolute atomic E-state index is 11.1. The Labute approximate surface area is 78.7 Å². The van der Waals surface area contributed by atoms with Gasteiger partial charge in [0, 0.05) is 13.0 Å². The van der Waals surface area contributed by atoms with Gasteiger partial charge in [0.15, 0.2) is 5.82 Å². The number of carboxylic acid groups (broad SMARTS) is 1. The molecule has 7 nitrogen and oxygen atoms in total. The van der Waals surface area contributed by atoms with Gasteiger partial charge in [-0.1, -0.05) is 5.21 Å². The summed E-state index contributed by atoms with van der Waals surface area (Å²) in [6.07, 6.45) is 1.02. The van der Waals surface area contributed by atoms with Crippen molar-refractivity contribution in [2.45, 2.75) is 19.4 Å². The van der Waals surface area contributed by atoms with E-state index in [1.807, 2.05) is 0 Å². The summed E-state index contributed by atoms with van der Waals surface area (Å²) < 4.78 is 1.40. The number of aromatic nitrogens is 3. The minimum atomic E-state index is -1.19. The summed E-state index contributed by atoms with van der Waals surface area (Å²) in [5, 5.41) is 18.3. The zero-order valence-electron chi connectivity index (χ0n) is 7.23. The Hall–Kier alpha value is -1.92. The molecule has 2 N–H and O–H groups in total. The fraction of sp³-hybridized carbons (Fsp3) is 0.429. The second-order valence-corrected chi connectivity index (χ2v) is 2.97. The van der Waals surface area contributed by atoms with E-state index in [9.17, 15) is 9.59 Å². The van der Waals surface area contributed by atoms with Gasteiger partial charge in [0.1, 0.15) is 0 Å². The molecule has 1 amide bonds. The van der Waals surface area contributed by atoms with Gasteiger partial charge < -0.3 is 10.4 Å². The summed E-state index contributed by atoms with van der Waals surface area (Å²) >= 11 is 0. The van der Waals surface area contributed by atoms with Crippen molar-refractivity contribution in [3.05, 3.63) is 5.69 Å². The van der Waals surface area contributed by atoms with Crippen LogP contribution in [0.1, 0.15) is 23.3 Å². The Morgan fingerprint density at radius 3 is 3.07 bits per heavy atom. The van der Waals surface area contributed by atoms with E-state index in [1.54, 1.807) is 0 Å². The number of hydrogen-bond acceptors (Lipinski definition) is 4. The van der Waals surface area contributed by atoms with Gasteiger partial charge in [-0.3, -0.25) is 4.79 Å². The van der Waals surface area contributed by atoms with Crippen LogP contribution in [-0.2, 0) is 11.3 Å². The number of carbonyl (C=O) groups is 2. The van der Waals surface area contributed by atoms with Crippen LogP contribution in [0.5, 0.6) is 0 Å². The van der Waals surface area contributed by atoms with E-state index in [-0.39, 0.29) is 17.4 Å². The first-order valence-electron chi connectivity index (χ1n) is 4.15. The number of nitrogens with zero attached hydrogens (tertiary/aromatic N) is 3. The molecule has 0 bridgehead atoms. The number of amides is 1. The number of nitrogens with one attached hydrogen (secondary N) is 1. The van der Waals surface area contributed by atoms with E-state index < -0.39 is 5.97 Å². The van der Waals surface area contributed by atoms with Gasteiger partial charge in [-0.2, -0.15) is 0 Å². The van der Waals surface area contributed by atoms with Crippen LogP contribution in [0, 0.1) is 0 Å². The third kappa shape index (κ3) is 1.32. The summed E-state index contributed by atoms with van der Waals surface area (Å²) in [7, 11) is 0. The van der Waals surface area contributed by atoms with Crippen LogP contribution < -0.4 is 5.32 Å². The molecule has 0 atom stereocenters. The predicted octanol–water partition coefficient (Wildman–Crippen LogP) is -0.291. The topological polar surface area (TPSA) is 97.1 Å². The van der Waals surface area contributed by atoms with Crippen molar-refractivity contribution >= 4 is 17.7 Å². The van der Waals surface area contributed by atoms with Crippen LogP contribution in [0.15, 0.2) is 0 Å². The highest BCUT2D eigenvalue weighted by Gasteiger charge is 2.22. The number of carbonyl (C=O) groups excluding carboxylic acids is 1. The van der Waals surface area contributed by atoms with Crippen LogP contribution in [0.25, 0.3) is 0 Å². The largest absolute Gasteiger partial charge is 0.476 e.